The van der Waals surface area contributed by atoms with Gasteiger partial charge in [-0.15, -0.1) is 10.2 Å². The number of aromatic nitrogens is 2. The zero-order valence-electron chi connectivity index (χ0n) is 8.91. The molecule has 1 unspecified atom stereocenters. The van der Waals surface area contributed by atoms with Crippen molar-refractivity contribution in [3.63, 3.8) is 0 Å². The predicted octanol–water partition coefficient (Wildman–Crippen LogP) is 1.86. The normalized spacial score (nSPS) is 13.1. The first kappa shape index (κ1) is 11.5. The van der Waals surface area contributed by atoms with Crippen LogP contribution in [0.15, 0.2) is 9.64 Å². The topological polar surface area (TPSA) is 51.0 Å². The van der Waals surface area contributed by atoms with Crippen molar-refractivity contribution in [2.24, 2.45) is 0 Å². The van der Waals surface area contributed by atoms with E-state index >= 15 is 0 Å². The summed E-state index contributed by atoms with van der Waals surface area (Å²) in [6.07, 6.45) is 2.34. The quantitative estimate of drug-likeness (QED) is 0.580. The number of nitrogens with zero attached hydrogens (tertiary/aromatic N) is 2. The minimum atomic E-state index is 0.583. The molecular weight excluding hydrogens is 198 g/mol. The zero-order chi connectivity index (χ0) is 10.4. The van der Waals surface area contributed by atoms with E-state index in [1.165, 1.54) is 6.42 Å². The Kier molecular flexibility index (Phi) is 4.97. The Morgan fingerprint density at radius 2 is 2.29 bits per heavy atom. The van der Waals surface area contributed by atoms with E-state index in [9.17, 15) is 0 Å². The second-order valence-electron chi connectivity index (χ2n) is 3.27. The van der Waals surface area contributed by atoms with Crippen molar-refractivity contribution in [3.05, 3.63) is 5.89 Å². The van der Waals surface area contributed by atoms with Crippen molar-refractivity contribution in [1.29, 1.82) is 0 Å². The Bertz CT molecular complexity index is 264. The van der Waals surface area contributed by atoms with Gasteiger partial charge >= 0.3 is 0 Å². The molecule has 1 atom stereocenters. The highest BCUT2D eigenvalue weighted by Gasteiger charge is 2.03. The highest BCUT2D eigenvalue weighted by atomic mass is 32.2. The zero-order valence-corrected chi connectivity index (χ0v) is 9.73. The minimum Gasteiger partial charge on any atom is -0.416 e. The number of hydrogen-bond donors (Lipinski definition) is 1. The fourth-order valence-corrected chi connectivity index (χ4v) is 1.79. The van der Waals surface area contributed by atoms with Crippen LogP contribution in [0.2, 0.25) is 0 Å². The van der Waals surface area contributed by atoms with Gasteiger partial charge in [-0.25, -0.2) is 0 Å². The summed E-state index contributed by atoms with van der Waals surface area (Å²) < 4.78 is 5.24. The Morgan fingerprint density at radius 3 is 2.86 bits per heavy atom. The summed E-state index contributed by atoms with van der Waals surface area (Å²) in [5.74, 6) is 1.67. The minimum absolute atomic E-state index is 0.583. The maximum atomic E-state index is 5.24. The van der Waals surface area contributed by atoms with E-state index in [0.717, 1.165) is 12.2 Å². The van der Waals surface area contributed by atoms with Crippen LogP contribution < -0.4 is 5.32 Å². The van der Waals surface area contributed by atoms with E-state index in [0.29, 0.717) is 17.2 Å². The fraction of sp³-hybridized carbons (Fsp3) is 0.778. The average molecular weight is 215 g/mol. The van der Waals surface area contributed by atoms with Crippen molar-refractivity contribution in [2.45, 2.75) is 38.0 Å². The molecule has 1 aromatic heterocycles. The Morgan fingerprint density at radius 1 is 1.50 bits per heavy atom. The van der Waals surface area contributed by atoms with E-state index < -0.39 is 0 Å². The van der Waals surface area contributed by atoms with Crippen LogP contribution in [0.25, 0.3) is 0 Å². The monoisotopic (exact) mass is 215 g/mol. The molecule has 0 bridgehead atoms. The van der Waals surface area contributed by atoms with Crippen molar-refractivity contribution in [2.75, 3.05) is 12.8 Å². The molecular formula is C9H17N3OS. The number of hydrogen-bond acceptors (Lipinski definition) is 5. The van der Waals surface area contributed by atoms with Crippen molar-refractivity contribution < 1.29 is 4.42 Å². The van der Waals surface area contributed by atoms with E-state index in [2.05, 4.69) is 22.4 Å². The Balaban J connectivity index is 2.10. The lowest BCUT2D eigenvalue weighted by Gasteiger charge is -2.07. The SMILES string of the molecule is CNC(C)CCCSc1nnc(C)o1. The van der Waals surface area contributed by atoms with Crippen molar-refractivity contribution in [1.82, 2.24) is 15.5 Å². The summed E-state index contributed by atoms with van der Waals surface area (Å²) in [5.41, 5.74) is 0. The van der Waals surface area contributed by atoms with Crippen LogP contribution in [-0.2, 0) is 0 Å². The molecule has 0 saturated heterocycles. The molecule has 14 heavy (non-hydrogen) atoms. The van der Waals surface area contributed by atoms with Gasteiger partial charge in [0.05, 0.1) is 0 Å². The number of thioether (sulfide) groups is 1. The molecule has 5 heteroatoms. The van der Waals surface area contributed by atoms with Crippen molar-refractivity contribution in [3.8, 4) is 0 Å². The standard InChI is InChI=1S/C9H17N3OS/c1-7(10-3)5-4-6-14-9-12-11-8(2)13-9/h7,10H,4-6H2,1-3H3. The summed E-state index contributed by atoms with van der Waals surface area (Å²) in [4.78, 5) is 0. The van der Waals surface area contributed by atoms with Gasteiger partial charge in [-0.3, -0.25) is 0 Å². The smallest absolute Gasteiger partial charge is 0.276 e. The van der Waals surface area contributed by atoms with Crippen molar-refractivity contribution >= 4 is 11.8 Å². The second kappa shape index (κ2) is 6.03. The van der Waals surface area contributed by atoms with Gasteiger partial charge in [0, 0.05) is 18.7 Å². The van der Waals surface area contributed by atoms with E-state index in [-0.39, 0.29) is 0 Å². The molecule has 0 aliphatic heterocycles. The van der Waals surface area contributed by atoms with Gasteiger partial charge in [0.1, 0.15) is 0 Å². The molecule has 0 aliphatic rings. The fourth-order valence-electron chi connectivity index (χ4n) is 1.03. The van der Waals surface area contributed by atoms with Gasteiger partial charge in [0.15, 0.2) is 0 Å². The molecule has 80 valence electrons. The molecule has 0 radical (unpaired) electrons. The highest BCUT2D eigenvalue weighted by molar-refractivity contribution is 7.99. The highest BCUT2D eigenvalue weighted by Crippen LogP contribution is 2.17. The summed E-state index contributed by atoms with van der Waals surface area (Å²) in [6, 6.07) is 0.583. The largest absolute Gasteiger partial charge is 0.416 e. The Hall–Kier alpha value is -0.550. The van der Waals surface area contributed by atoms with Gasteiger partial charge in [-0.05, 0) is 26.8 Å². The molecule has 0 aliphatic carbocycles. The lowest BCUT2D eigenvalue weighted by Crippen LogP contribution is -2.20. The maximum absolute atomic E-state index is 5.24. The molecule has 1 rings (SSSR count). The maximum Gasteiger partial charge on any atom is 0.276 e. The molecule has 0 aromatic carbocycles. The molecule has 0 spiro atoms. The molecule has 1 N–H and O–H groups in total. The predicted molar refractivity (Wildman–Crippen MR) is 57.5 cm³/mol. The second-order valence-corrected chi connectivity index (χ2v) is 4.31. The van der Waals surface area contributed by atoms with Crippen LogP contribution >= 0.6 is 11.8 Å². The first-order valence-corrected chi connectivity index (χ1v) is 5.81. The molecule has 1 aromatic rings. The molecule has 1 heterocycles. The average Bonchev–Trinajstić information content (AvgIpc) is 2.58. The number of nitrogens with one attached hydrogen (secondary N) is 1. The van der Waals surface area contributed by atoms with E-state index in [4.69, 9.17) is 4.42 Å². The third-order valence-electron chi connectivity index (χ3n) is 2.01. The van der Waals surface area contributed by atoms with Crippen LogP contribution in [0.4, 0.5) is 0 Å². The van der Waals surface area contributed by atoms with Gasteiger partial charge in [0.25, 0.3) is 5.22 Å². The first-order valence-electron chi connectivity index (χ1n) is 4.82. The van der Waals surface area contributed by atoms with Crippen LogP contribution in [0.5, 0.6) is 0 Å². The summed E-state index contributed by atoms with van der Waals surface area (Å²) in [6.45, 7) is 3.99. The number of rotatable bonds is 6. The van der Waals surface area contributed by atoms with Crippen LogP contribution in [0.3, 0.4) is 0 Å². The first-order chi connectivity index (χ1) is 6.72. The lowest BCUT2D eigenvalue weighted by atomic mass is 10.2. The molecule has 4 nitrogen and oxygen atoms in total. The molecule has 0 fully saturated rings. The Labute approximate surface area is 88.9 Å². The molecule has 0 amide bonds. The van der Waals surface area contributed by atoms with Crippen LogP contribution in [0, 0.1) is 6.92 Å². The van der Waals surface area contributed by atoms with Crippen LogP contribution in [0.1, 0.15) is 25.7 Å². The summed E-state index contributed by atoms with van der Waals surface area (Å²) in [5, 5.41) is 11.6. The molecule has 0 saturated carbocycles. The van der Waals surface area contributed by atoms with Gasteiger partial charge in [-0.2, -0.15) is 0 Å². The van der Waals surface area contributed by atoms with Gasteiger partial charge in [-0.1, -0.05) is 11.8 Å². The van der Waals surface area contributed by atoms with Crippen LogP contribution in [-0.4, -0.2) is 29.0 Å². The summed E-state index contributed by atoms with van der Waals surface area (Å²) >= 11 is 1.63. The van der Waals surface area contributed by atoms with E-state index in [1.54, 1.807) is 18.7 Å². The number of aryl methyl sites for hydroxylation is 1. The lowest BCUT2D eigenvalue weighted by molar-refractivity contribution is 0.429. The third kappa shape index (κ3) is 4.11. The van der Waals surface area contributed by atoms with E-state index in [1.807, 2.05) is 7.05 Å². The third-order valence-corrected chi connectivity index (χ3v) is 2.91. The summed E-state index contributed by atoms with van der Waals surface area (Å²) in [7, 11) is 1.99. The van der Waals surface area contributed by atoms with Gasteiger partial charge < -0.3 is 9.73 Å². The van der Waals surface area contributed by atoms with Gasteiger partial charge in [0.2, 0.25) is 5.89 Å².